The third kappa shape index (κ3) is 5.10. The van der Waals surface area contributed by atoms with Crippen molar-refractivity contribution in [3.63, 3.8) is 0 Å². The minimum atomic E-state index is -0.559. The molecule has 1 N–H and O–H groups in total. The van der Waals surface area contributed by atoms with Crippen LogP contribution in [0.4, 0.5) is 4.79 Å². The first kappa shape index (κ1) is 20.5. The number of methoxy groups -OCH3 is 3. The van der Waals surface area contributed by atoms with Crippen molar-refractivity contribution in [3.05, 3.63) is 23.8 Å². The van der Waals surface area contributed by atoms with Crippen molar-refractivity contribution < 1.29 is 28.6 Å². The molecule has 4 amide bonds. The molecular formula is C18H25N3O6. The highest BCUT2D eigenvalue weighted by molar-refractivity contribution is 6.04. The zero-order chi connectivity index (χ0) is 20.0. The molecule has 1 aliphatic rings. The summed E-state index contributed by atoms with van der Waals surface area (Å²) in [5, 5.41) is 2.41. The Morgan fingerprint density at radius 1 is 1.19 bits per heavy atom. The lowest BCUT2D eigenvalue weighted by Crippen LogP contribution is -2.47. The maximum atomic E-state index is 12.9. The fourth-order valence-electron chi connectivity index (χ4n) is 2.82. The number of imide groups is 1. The summed E-state index contributed by atoms with van der Waals surface area (Å²) in [5.41, 5.74) is 0.791. The van der Waals surface area contributed by atoms with Gasteiger partial charge in [-0.3, -0.25) is 14.5 Å². The van der Waals surface area contributed by atoms with E-state index in [2.05, 4.69) is 5.32 Å². The lowest BCUT2D eigenvalue weighted by molar-refractivity contribution is -0.139. The molecular weight excluding hydrogens is 354 g/mol. The number of rotatable bonds is 9. The quantitative estimate of drug-likeness (QED) is 0.632. The van der Waals surface area contributed by atoms with Crippen molar-refractivity contribution in [2.45, 2.75) is 19.5 Å². The Hall–Kier alpha value is -2.81. The molecule has 1 unspecified atom stereocenters. The molecule has 0 saturated carbocycles. The van der Waals surface area contributed by atoms with E-state index in [-0.39, 0.29) is 31.6 Å². The zero-order valence-electron chi connectivity index (χ0n) is 16.0. The van der Waals surface area contributed by atoms with Gasteiger partial charge in [-0.25, -0.2) is 4.79 Å². The average Bonchev–Trinajstić information content (AvgIpc) is 2.97. The Bertz CT molecular complexity index is 670. The Morgan fingerprint density at radius 2 is 1.81 bits per heavy atom. The van der Waals surface area contributed by atoms with Gasteiger partial charge in [-0.2, -0.15) is 0 Å². The fourth-order valence-corrected chi connectivity index (χ4v) is 2.82. The number of benzene rings is 1. The minimum Gasteiger partial charge on any atom is -0.497 e. The highest BCUT2D eigenvalue weighted by Gasteiger charge is 2.32. The van der Waals surface area contributed by atoms with Gasteiger partial charge in [0.1, 0.15) is 18.0 Å². The standard InChI is InChI=1S/C18H25N3O6/c1-12(11-25-2)20(17(23)10-21-16(22)8-19-18(21)24)9-13-5-14(26-3)7-15(6-13)27-4/h5-7,12H,8-11H2,1-4H3,(H,19,24). The third-order valence-corrected chi connectivity index (χ3v) is 4.25. The third-order valence-electron chi connectivity index (χ3n) is 4.25. The molecule has 0 radical (unpaired) electrons. The van der Waals surface area contributed by atoms with Crippen molar-refractivity contribution in [1.82, 2.24) is 15.1 Å². The summed E-state index contributed by atoms with van der Waals surface area (Å²) in [5.74, 6) is 0.429. The SMILES string of the molecule is COCC(C)N(Cc1cc(OC)cc(OC)c1)C(=O)CN1C(=O)CNC1=O. The molecule has 9 heteroatoms. The topological polar surface area (TPSA) is 97.4 Å². The van der Waals surface area contributed by atoms with Crippen LogP contribution >= 0.6 is 0 Å². The summed E-state index contributed by atoms with van der Waals surface area (Å²) in [7, 11) is 4.64. The van der Waals surface area contributed by atoms with Crippen LogP contribution < -0.4 is 14.8 Å². The van der Waals surface area contributed by atoms with E-state index in [9.17, 15) is 14.4 Å². The number of carbonyl (C=O) groups is 3. The van der Waals surface area contributed by atoms with E-state index >= 15 is 0 Å². The van der Waals surface area contributed by atoms with Crippen molar-refractivity contribution >= 4 is 17.8 Å². The van der Waals surface area contributed by atoms with Crippen LogP contribution in [0.1, 0.15) is 12.5 Å². The molecule has 148 valence electrons. The number of urea groups is 1. The molecule has 1 saturated heterocycles. The molecule has 1 aromatic carbocycles. The number of nitrogens with zero attached hydrogens (tertiary/aromatic N) is 2. The molecule has 0 spiro atoms. The average molecular weight is 379 g/mol. The summed E-state index contributed by atoms with van der Waals surface area (Å²) >= 11 is 0. The van der Waals surface area contributed by atoms with Gasteiger partial charge >= 0.3 is 6.03 Å². The maximum absolute atomic E-state index is 12.9. The van der Waals surface area contributed by atoms with E-state index in [1.807, 2.05) is 6.92 Å². The van der Waals surface area contributed by atoms with Gasteiger partial charge in [-0.15, -0.1) is 0 Å². The maximum Gasteiger partial charge on any atom is 0.325 e. The second-order valence-electron chi connectivity index (χ2n) is 6.19. The normalized spacial score (nSPS) is 14.7. The van der Waals surface area contributed by atoms with Crippen molar-refractivity contribution in [1.29, 1.82) is 0 Å². The molecule has 9 nitrogen and oxygen atoms in total. The summed E-state index contributed by atoms with van der Waals surface area (Å²) in [4.78, 5) is 38.8. The molecule has 1 aromatic rings. The van der Waals surface area contributed by atoms with E-state index < -0.39 is 11.9 Å². The predicted molar refractivity (Wildman–Crippen MR) is 96.5 cm³/mol. The van der Waals surface area contributed by atoms with Gasteiger partial charge in [0.05, 0.1) is 33.4 Å². The Morgan fingerprint density at radius 3 is 2.30 bits per heavy atom. The number of amides is 4. The highest BCUT2D eigenvalue weighted by atomic mass is 16.5. The Kier molecular flexibility index (Phi) is 7.00. The number of hydrogen-bond acceptors (Lipinski definition) is 6. The van der Waals surface area contributed by atoms with Crippen LogP contribution in [-0.4, -0.2) is 74.7 Å². The highest BCUT2D eigenvalue weighted by Crippen LogP contribution is 2.24. The van der Waals surface area contributed by atoms with Crippen LogP contribution in [0.25, 0.3) is 0 Å². The summed E-state index contributed by atoms with van der Waals surface area (Å²) in [6.45, 7) is 1.99. The largest absolute Gasteiger partial charge is 0.497 e. The van der Waals surface area contributed by atoms with Crippen LogP contribution in [0.3, 0.4) is 0 Å². The molecule has 1 aliphatic heterocycles. The van der Waals surface area contributed by atoms with Crippen LogP contribution in [0.2, 0.25) is 0 Å². The first-order valence-corrected chi connectivity index (χ1v) is 8.48. The number of carbonyl (C=O) groups excluding carboxylic acids is 3. The van der Waals surface area contributed by atoms with E-state index in [1.54, 1.807) is 44.4 Å². The minimum absolute atomic E-state index is 0.0905. The van der Waals surface area contributed by atoms with Gasteiger partial charge in [0.2, 0.25) is 5.91 Å². The molecule has 0 aliphatic carbocycles. The van der Waals surface area contributed by atoms with E-state index in [1.165, 1.54) is 0 Å². The molecule has 1 atom stereocenters. The van der Waals surface area contributed by atoms with Crippen LogP contribution in [-0.2, 0) is 20.9 Å². The summed E-state index contributed by atoms with van der Waals surface area (Å²) in [6.07, 6.45) is 0. The monoisotopic (exact) mass is 379 g/mol. The van der Waals surface area contributed by atoms with Crippen LogP contribution in [0.5, 0.6) is 11.5 Å². The second-order valence-corrected chi connectivity index (χ2v) is 6.19. The number of hydrogen-bond donors (Lipinski definition) is 1. The number of ether oxygens (including phenoxy) is 3. The molecule has 1 heterocycles. The first-order chi connectivity index (χ1) is 12.9. The van der Waals surface area contributed by atoms with Gasteiger partial charge in [0.25, 0.3) is 5.91 Å². The predicted octanol–water partition coefficient (Wildman–Crippen LogP) is 0.619. The second kappa shape index (κ2) is 9.22. The fraction of sp³-hybridized carbons (Fsp3) is 0.500. The van der Waals surface area contributed by atoms with Crippen molar-refractivity contribution in [3.8, 4) is 11.5 Å². The van der Waals surface area contributed by atoms with Crippen LogP contribution in [0, 0.1) is 0 Å². The molecule has 2 rings (SSSR count). The van der Waals surface area contributed by atoms with E-state index in [4.69, 9.17) is 14.2 Å². The Labute approximate surface area is 158 Å². The summed E-state index contributed by atoms with van der Waals surface area (Å²) < 4.78 is 15.7. The molecule has 27 heavy (non-hydrogen) atoms. The van der Waals surface area contributed by atoms with Crippen molar-refractivity contribution in [2.75, 3.05) is 41.0 Å². The molecule has 0 aromatic heterocycles. The lowest BCUT2D eigenvalue weighted by atomic mass is 10.1. The van der Waals surface area contributed by atoms with Gasteiger partial charge < -0.3 is 24.4 Å². The van der Waals surface area contributed by atoms with Gasteiger partial charge in [-0.1, -0.05) is 0 Å². The zero-order valence-corrected chi connectivity index (χ0v) is 16.0. The first-order valence-electron chi connectivity index (χ1n) is 8.48. The smallest absolute Gasteiger partial charge is 0.325 e. The molecule has 1 fully saturated rings. The van der Waals surface area contributed by atoms with Gasteiger partial charge in [0.15, 0.2) is 0 Å². The van der Waals surface area contributed by atoms with Crippen molar-refractivity contribution in [2.24, 2.45) is 0 Å². The molecule has 0 bridgehead atoms. The van der Waals surface area contributed by atoms with E-state index in [0.29, 0.717) is 18.1 Å². The lowest BCUT2D eigenvalue weighted by Gasteiger charge is -2.30. The summed E-state index contributed by atoms with van der Waals surface area (Å²) in [6, 6.07) is 4.52. The number of nitrogens with one attached hydrogen (secondary N) is 1. The van der Waals surface area contributed by atoms with E-state index in [0.717, 1.165) is 10.5 Å². The van der Waals surface area contributed by atoms with Gasteiger partial charge in [0, 0.05) is 19.7 Å². The van der Waals surface area contributed by atoms with Gasteiger partial charge in [-0.05, 0) is 24.6 Å². The van der Waals surface area contributed by atoms with Crippen LogP contribution in [0.15, 0.2) is 18.2 Å². The Balaban J connectivity index is 2.22.